The highest BCUT2D eigenvalue weighted by Crippen LogP contribution is 2.29. The molecule has 2 amide bonds. The Morgan fingerprint density at radius 2 is 1.70 bits per heavy atom. The minimum absolute atomic E-state index is 0.231. The lowest BCUT2D eigenvalue weighted by molar-refractivity contribution is -0.132. The predicted molar refractivity (Wildman–Crippen MR) is 174 cm³/mol. The van der Waals surface area contributed by atoms with Gasteiger partial charge in [-0.25, -0.2) is 5.43 Å². The van der Waals surface area contributed by atoms with Gasteiger partial charge in [0.2, 0.25) is 0 Å². The highest BCUT2D eigenvalue weighted by atomic mass is 79.9. The molecule has 0 heterocycles. The van der Waals surface area contributed by atoms with Gasteiger partial charge in [0.1, 0.15) is 24.1 Å². The lowest BCUT2D eigenvalue weighted by Crippen LogP contribution is -2.50. The first-order chi connectivity index (χ1) is 21.2. The Kier molecular flexibility index (Phi) is 11.8. The van der Waals surface area contributed by atoms with Crippen molar-refractivity contribution in [2.75, 3.05) is 0 Å². The number of hydrogen-bond donors (Lipinski definition) is 2. The molecule has 44 heavy (non-hydrogen) atoms. The molecule has 0 fully saturated rings. The average Bonchev–Trinajstić information content (AvgIpc) is 3.02. The lowest BCUT2D eigenvalue weighted by atomic mass is 10.1. The molecule has 224 valence electrons. The Morgan fingerprint density at radius 3 is 2.43 bits per heavy atom. The van der Waals surface area contributed by atoms with Crippen molar-refractivity contribution in [1.82, 2.24) is 10.7 Å². The molecule has 11 heteroatoms. The molecule has 2 atom stereocenters. The maximum Gasteiger partial charge on any atom is 0.262 e. The Hall–Kier alpha value is -4.36. The van der Waals surface area contributed by atoms with Crippen LogP contribution in [-0.4, -0.2) is 30.2 Å². The Bertz CT molecular complexity index is 1700. The van der Waals surface area contributed by atoms with Crippen LogP contribution in [0.25, 0.3) is 0 Å². The van der Waals surface area contributed by atoms with E-state index in [0.29, 0.717) is 32.1 Å². The fraction of sp³-hybridized carbons (Fsp3) is 0.152. The number of ether oxygens (including phenoxy) is 2. The van der Waals surface area contributed by atoms with Gasteiger partial charge < -0.3 is 14.8 Å². The quantitative estimate of drug-likeness (QED) is 0.125. The van der Waals surface area contributed by atoms with Gasteiger partial charge in [0, 0.05) is 17.0 Å². The monoisotopic (exact) mass is 692 g/mol. The van der Waals surface area contributed by atoms with Crippen molar-refractivity contribution in [1.29, 1.82) is 5.26 Å². The van der Waals surface area contributed by atoms with E-state index < -0.39 is 24.0 Å². The summed E-state index contributed by atoms with van der Waals surface area (Å²) in [5.41, 5.74) is 5.39. The first-order valence-electron chi connectivity index (χ1n) is 13.4. The van der Waals surface area contributed by atoms with Crippen LogP contribution in [0.4, 0.5) is 0 Å². The highest BCUT2D eigenvalue weighted by molar-refractivity contribution is 9.10. The van der Waals surface area contributed by atoms with Crippen LogP contribution >= 0.6 is 39.1 Å². The summed E-state index contributed by atoms with van der Waals surface area (Å²) in [7, 11) is 0. The molecule has 2 N–H and O–H groups in total. The molecule has 0 aliphatic carbocycles. The summed E-state index contributed by atoms with van der Waals surface area (Å²) in [6.45, 7) is 1.79. The Morgan fingerprint density at radius 1 is 0.977 bits per heavy atom. The number of hydrazone groups is 1. The molecular formula is C33H27BrCl2N4O4. The summed E-state index contributed by atoms with van der Waals surface area (Å²) in [6.07, 6.45) is 0.761. The molecule has 0 unspecified atom stereocenters. The molecule has 0 saturated heterocycles. The number of hydrogen-bond acceptors (Lipinski definition) is 6. The van der Waals surface area contributed by atoms with Gasteiger partial charge in [-0.2, -0.15) is 10.4 Å². The SMILES string of the molecule is C[C@H](Oc1ccc(Cl)cc1Cl)C(=O)N[C@@H](Cc1ccccc1)C(=O)N/N=C\c1ccc(OCc2ccccc2C#N)c(Br)c1. The van der Waals surface area contributed by atoms with Gasteiger partial charge in [-0.3, -0.25) is 9.59 Å². The summed E-state index contributed by atoms with van der Waals surface area (Å²) in [6, 6.07) is 27.8. The summed E-state index contributed by atoms with van der Waals surface area (Å²) in [4.78, 5) is 26.2. The number of nitrogens with zero attached hydrogens (tertiary/aromatic N) is 2. The molecular weight excluding hydrogens is 667 g/mol. The third kappa shape index (κ3) is 9.32. The Balaban J connectivity index is 1.39. The zero-order valence-electron chi connectivity index (χ0n) is 23.5. The van der Waals surface area contributed by atoms with Crippen molar-refractivity contribution in [3.8, 4) is 17.6 Å². The van der Waals surface area contributed by atoms with Crippen LogP contribution in [-0.2, 0) is 22.6 Å². The first-order valence-corrected chi connectivity index (χ1v) is 15.0. The number of benzene rings is 4. The fourth-order valence-corrected chi connectivity index (χ4v) is 5.00. The van der Waals surface area contributed by atoms with Gasteiger partial charge >= 0.3 is 0 Å². The largest absolute Gasteiger partial charge is 0.488 e. The van der Waals surface area contributed by atoms with Crippen molar-refractivity contribution in [2.45, 2.75) is 32.1 Å². The van der Waals surface area contributed by atoms with Crippen LogP contribution in [0.15, 0.2) is 101 Å². The van der Waals surface area contributed by atoms with Crippen molar-refractivity contribution >= 4 is 57.2 Å². The molecule has 0 aromatic heterocycles. The molecule has 0 aliphatic heterocycles. The number of rotatable bonds is 12. The van der Waals surface area contributed by atoms with Crippen molar-refractivity contribution in [3.63, 3.8) is 0 Å². The fourth-order valence-electron chi connectivity index (χ4n) is 4.04. The zero-order chi connectivity index (χ0) is 31.5. The summed E-state index contributed by atoms with van der Waals surface area (Å²) >= 11 is 15.6. The van der Waals surface area contributed by atoms with Crippen LogP contribution in [0.3, 0.4) is 0 Å². The number of halogens is 3. The van der Waals surface area contributed by atoms with Crippen molar-refractivity contribution in [2.24, 2.45) is 5.10 Å². The second-order valence-electron chi connectivity index (χ2n) is 9.57. The summed E-state index contributed by atoms with van der Waals surface area (Å²) < 4.78 is 12.3. The van der Waals surface area contributed by atoms with E-state index in [-0.39, 0.29) is 18.1 Å². The number of nitriles is 1. The first kappa shape index (κ1) is 32.6. The molecule has 8 nitrogen and oxygen atoms in total. The minimum Gasteiger partial charge on any atom is -0.488 e. The maximum atomic E-state index is 13.2. The number of carbonyl (C=O) groups is 2. The van der Waals surface area contributed by atoms with Gasteiger partial charge in [0.25, 0.3) is 11.8 Å². The van der Waals surface area contributed by atoms with Crippen LogP contribution in [0.2, 0.25) is 10.0 Å². The van der Waals surface area contributed by atoms with E-state index in [2.05, 4.69) is 37.8 Å². The zero-order valence-corrected chi connectivity index (χ0v) is 26.6. The topological polar surface area (TPSA) is 113 Å². The molecule has 0 bridgehead atoms. The van der Waals surface area contributed by atoms with E-state index in [1.807, 2.05) is 42.5 Å². The third-order valence-electron chi connectivity index (χ3n) is 6.35. The van der Waals surface area contributed by atoms with E-state index in [9.17, 15) is 14.9 Å². The van der Waals surface area contributed by atoms with Crippen LogP contribution in [0, 0.1) is 11.3 Å². The van der Waals surface area contributed by atoms with Gasteiger partial charge in [-0.1, -0.05) is 71.7 Å². The number of nitrogens with one attached hydrogen (secondary N) is 2. The standard InChI is InChI=1S/C33H27BrCl2N4O4/c1-21(44-31-14-12-26(35)17-28(31)36)32(41)39-29(16-22-7-3-2-4-8-22)33(42)40-38-19-23-11-13-30(27(34)15-23)43-20-25-10-6-5-9-24(25)18-37/h2-15,17,19,21,29H,16,20H2,1H3,(H,39,41)(H,40,42)/b38-19-/t21-,29-/m0/s1. The minimum atomic E-state index is -0.949. The molecule has 0 saturated carbocycles. The van der Waals surface area contributed by atoms with Crippen LogP contribution in [0.5, 0.6) is 11.5 Å². The lowest BCUT2D eigenvalue weighted by Gasteiger charge is -2.21. The smallest absolute Gasteiger partial charge is 0.262 e. The molecule has 0 radical (unpaired) electrons. The van der Waals surface area contributed by atoms with Crippen molar-refractivity contribution in [3.05, 3.63) is 128 Å². The van der Waals surface area contributed by atoms with Gasteiger partial charge in [-0.15, -0.1) is 0 Å². The number of amides is 2. The summed E-state index contributed by atoms with van der Waals surface area (Å²) in [5.74, 6) is -0.138. The van der Waals surface area contributed by atoms with Gasteiger partial charge in [-0.05, 0) is 76.4 Å². The highest BCUT2D eigenvalue weighted by Gasteiger charge is 2.25. The molecule has 4 aromatic carbocycles. The average molecular weight is 694 g/mol. The molecule has 4 aromatic rings. The molecule has 0 aliphatic rings. The van der Waals surface area contributed by atoms with E-state index in [0.717, 1.165) is 11.1 Å². The normalized spacial score (nSPS) is 12.2. The molecule has 0 spiro atoms. The van der Waals surface area contributed by atoms with Gasteiger partial charge in [0.05, 0.1) is 27.3 Å². The van der Waals surface area contributed by atoms with Crippen molar-refractivity contribution < 1.29 is 19.1 Å². The van der Waals surface area contributed by atoms with Gasteiger partial charge in [0.15, 0.2) is 6.10 Å². The summed E-state index contributed by atoms with van der Waals surface area (Å²) in [5, 5.41) is 16.8. The predicted octanol–water partition coefficient (Wildman–Crippen LogP) is 6.85. The van der Waals surface area contributed by atoms with Crippen LogP contribution in [0.1, 0.15) is 29.2 Å². The Labute approximate surface area is 273 Å². The van der Waals surface area contributed by atoms with Crippen LogP contribution < -0.4 is 20.2 Å². The second kappa shape index (κ2) is 15.9. The maximum absolute atomic E-state index is 13.2. The van der Waals surface area contributed by atoms with E-state index in [1.54, 1.807) is 49.4 Å². The van der Waals surface area contributed by atoms with E-state index >= 15 is 0 Å². The second-order valence-corrected chi connectivity index (χ2v) is 11.3. The van der Waals surface area contributed by atoms with E-state index in [1.165, 1.54) is 12.3 Å². The third-order valence-corrected chi connectivity index (χ3v) is 7.50. The molecule has 4 rings (SSSR count). The number of carbonyl (C=O) groups excluding carboxylic acids is 2. The van der Waals surface area contributed by atoms with E-state index in [4.69, 9.17) is 32.7 Å².